The second-order valence-corrected chi connectivity index (χ2v) is 7.75. The van der Waals surface area contributed by atoms with Crippen molar-refractivity contribution < 1.29 is 14.3 Å². The summed E-state index contributed by atoms with van der Waals surface area (Å²) in [5.74, 6) is 0.364. The van der Waals surface area contributed by atoms with E-state index in [9.17, 15) is 9.59 Å². The maximum atomic E-state index is 13.0. The molecule has 1 saturated heterocycles. The van der Waals surface area contributed by atoms with Gasteiger partial charge in [-0.1, -0.05) is 6.92 Å². The number of piperidine rings is 1. The number of methoxy groups -OCH3 is 1. The Hall–Kier alpha value is -3.02. The largest absolute Gasteiger partial charge is 0.497 e. The van der Waals surface area contributed by atoms with E-state index < -0.39 is 0 Å². The lowest BCUT2D eigenvalue weighted by Crippen LogP contribution is -2.35. The van der Waals surface area contributed by atoms with Crippen LogP contribution in [0.15, 0.2) is 42.5 Å². The van der Waals surface area contributed by atoms with Crippen molar-refractivity contribution in [1.29, 1.82) is 0 Å². The van der Waals surface area contributed by atoms with Crippen LogP contribution in [-0.2, 0) is 0 Å². The first-order valence-electron chi connectivity index (χ1n) is 10.7. The summed E-state index contributed by atoms with van der Waals surface area (Å²) >= 11 is 0. The predicted octanol–water partition coefficient (Wildman–Crippen LogP) is 4.47. The first-order chi connectivity index (χ1) is 14.5. The van der Waals surface area contributed by atoms with Crippen LogP contribution in [-0.4, -0.2) is 38.1 Å². The molecule has 6 heteroatoms. The third kappa shape index (κ3) is 5.32. The van der Waals surface area contributed by atoms with Crippen molar-refractivity contribution in [3.8, 4) is 5.75 Å². The fraction of sp³-hybridized carbons (Fsp3) is 0.417. The second-order valence-electron chi connectivity index (χ2n) is 7.75. The maximum Gasteiger partial charge on any atom is 0.255 e. The molecule has 0 saturated carbocycles. The molecule has 0 spiro atoms. The molecule has 0 bridgehead atoms. The number of rotatable bonds is 7. The Morgan fingerprint density at radius 1 is 1.03 bits per heavy atom. The van der Waals surface area contributed by atoms with Gasteiger partial charge >= 0.3 is 0 Å². The van der Waals surface area contributed by atoms with Gasteiger partial charge in [-0.2, -0.15) is 0 Å². The highest BCUT2D eigenvalue weighted by atomic mass is 16.5. The number of ether oxygens (including phenoxy) is 1. The Bertz CT molecular complexity index is 874. The monoisotopic (exact) mass is 409 g/mol. The van der Waals surface area contributed by atoms with E-state index in [-0.39, 0.29) is 17.9 Å². The summed E-state index contributed by atoms with van der Waals surface area (Å²) in [7, 11) is 1.59. The van der Waals surface area contributed by atoms with Crippen LogP contribution in [0.3, 0.4) is 0 Å². The Morgan fingerprint density at radius 3 is 2.37 bits per heavy atom. The molecule has 1 fully saturated rings. The molecule has 2 N–H and O–H groups in total. The van der Waals surface area contributed by atoms with E-state index in [0.29, 0.717) is 22.6 Å². The summed E-state index contributed by atoms with van der Waals surface area (Å²) in [5.41, 5.74) is 2.66. The molecule has 6 nitrogen and oxygen atoms in total. The number of nitrogens with one attached hydrogen (secondary N) is 2. The lowest BCUT2D eigenvalue weighted by Gasteiger charge is -2.31. The molecular weight excluding hydrogens is 378 g/mol. The van der Waals surface area contributed by atoms with Gasteiger partial charge in [0.05, 0.1) is 12.7 Å². The summed E-state index contributed by atoms with van der Waals surface area (Å²) < 4.78 is 5.14. The first kappa shape index (κ1) is 21.7. The molecule has 2 amide bonds. The van der Waals surface area contributed by atoms with Crippen LogP contribution < -0.4 is 20.3 Å². The van der Waals surface area contributed by atoms with Gasteiger partial charge < -0.3 is 20.3 Å². The average Bonchev–Trinajstić information content (AvgIpc) is 2.79. The lowest BCUT2D eigenvalue weighted by atomic mass is 10.0. The van der Waals surface area contributed by atoms with Crippen LogP contribution in [0.1, 0.15) is 60.2 Å². The van der Waals surface area contributed by atoms with Crippen LogP contribution >= 0.6 is 0 Å². The second kappa shape index (κ2) is 10.1. The Balaban J connectivity index is 1.84. The van der Waals surface area contributed by atoms with E-state index in [2.05, 4.69) is 15.5 Å². The van der Waals surface area contributed by atoms with Gasteiger partial charge in [-0.05, 0) is 75.1 Å². The van der Waals surface area contributed by atoms with Gasteiger partial charge in [0.1, 0.15) is 5.75 Å². The summed E-state index contributed by atoms with van der Waals surface area (Å²) in [6.07, 6.45) is 4.34. The van der Waals surface area contributed by atoms with Crippen molar-refractivity contribution >= 4 is 23.2 Å². The number of hydrogen-bond acceptors (Lipinski definition) is 4. The molecule has 0 radical (unpaired) electrons. The lowest BCUT2D eigenvalue weighted by molar-refractivity contribution is 0.0938. The molecule has 160 valence electrons. The fourth-order valence-corrected chi connectivity index (χ4v) is 3.56. The number of benzene rings is 2. The number of amides is 2. The van der Waals surface area contributed by atoms with E-state index in [1.165, 1.54) is 6.42 Å². The molecule has 30 heavy (non-hydrogen) atoms. The van der Waals surface area contributed by atoms with Gasteiger partial charge in [-0.15, -0.1) is 0 Å². The molecule has 0 aliphatic carbocycles. The van der Waals surface area contributed by atoms with Crippen molar-refractivity contribution in [3.05, 3.63) is 53.6 Å². The highest BCUT2D eigenvalue weighted by Crippen LogP contribution is 2.28. The van der Waals surface area contributed by atoms with E-state index in [4.69, 9.17) is 4.74 Å². The van der Waals surface area contributed by atoms with Gasteiger partial charge in [0, 0.05) is 36.1 Å². The zero-order chi connectivity index (χ0) is 21.5. The number of carbonyl (C=O) groups excluding carboxylic acids is 2. The summed E-state index contributed by atoms with van der Waals surface area (Å²) in [6.45, 7) is 5.93. The number of carbonyl (C=O) groups is 2. The highest BCUT2D eigenvalue weighted by Gasteiger charge is 2.20. The van der Waals surface area contributed by atoms with Gasteiger partial charge in [-0.3, -0.25) is 9.59 Å². The van der Waals surface area contributed by atoms with E-state index in [1.54, 1.807) is 37.4 Å². The quantitative estimate of drug-likeness (QED) is 0.708. The summed E-state index contributed by atoms with van der Waals surface area (Å²) in [4.78, 5) is 27.9. The first-order valence-corrected chi connectivity index (χ1v) is 10.7. The van der Waals surface area contributed by atoms with Crippen LogP contribution in [0.4, 0.5) is 11.4 Å². The molecule has 1 heterocycles. The molecule has 1 unspecified atom stereocenters. The predicted molar refractivity (Wildman–Crippen MR) is 121 cm³/mol. The van der Waals surface area contributed by atoms with Crippen LogP contribution in [0, 0.1) is 0 Å². The Labute approximate surface area is 178 Å². The fourth-order valence-electron chi connectivity index (χ4n) is 3.56. The maximum absolute atomic E-state index is 13.0. The average molecular weight is 410 g/mol. The Kier molecular flexibility index (Phi) is 7.33. The van der Waals surface area contributed by atoms with Gasteiger partial charge in [0.25, 0.3) is 11.8 Å². The normalized spacial score (nSPS) is 14.7. The molecule has 1 aliphatic heterocycles. The molecule has 3 rings (SSSR count). The van der Waals surface area contributed by atoms with E-state index in [1.807, 2.05) is 26.0 Å². The summed E-state index contributed by atoms with van der Waals surface area (Å²) in [5, 5.41) is 5.97. The minimum atomic E-state index is -0.225. The molecule has 0 aromatic heterocycles. The van der Waals surface area contributed by atoms with E-state index in [0.717, 1.165) is 38.0 Å². The molecular formula is C24H31N3O3. The highest BCUT2D eigenvalue weighted by molar-refractivity contribution is 6.06. The topological polar surface area (TPSA) is 70.7 Å². The number of hydrogen-bond donors (Lipinski definition) is 2. The SMILES string of the molecule is CCC(C)NC(=O)c1cc(NC(=O)c2ccc(OC)cc2)ccc1N1CCCCC1. The van der Waals surface area contributed by atoms with Crippen molar-refractivity contribution in [3.63, 3.8) is 0 Å². The van der Waals surface area contributed by atoms with Gasteiger partial charge in [0.2, 0.25) is 0 Å². The third-order valence-electron chi connectivity index (χ3n) is 5.54. The van der Waals surface area contributed by atoms with Crippen LogP contribution in [0.5, 0.6) is 5.75 Å². The standard InChI is InChI=1S/C24H31N3O3/c1-4-17(2)25-24(29)21-16-19(10-13-22(21)27-14-6-5-7-15-27)26-23(28)18-8-11-20(30-3)12-9-18/h8-13,16-17H,4-7,14-15H2,1-3H3,(H,25,29)(H,26,28). The van der Waals surface area contributed by atoms with Crippen molar-refractivity contribution in [2.24, 2.45) is 0 Å². The third-order valence-corrected chi connectivity index (χ3v) is 5.54. The van der Waals surface area contributed by atoms with Crippen molar-refractivity contribution in [1.82, 2.24) is 5.32 Å². The van der Waals surface area contributed by atoms with E-state index >= 15 is 0 Å². The number of nitrogens with zero attached hydrogens (tertiary/aromatic N) is 1. The molecule has 1 atom stereocenters. The molecule has 2 aromatic rings. The minimum absolute atomic E-state index is 0.0873. The summed E-state index contributed by atoms with van der Waals surface area (Å²) in [6, 6.07) is 12.6. The minimum Gasteiger partial charge on any atom is -0.497 e. The van der Waals surface area contributed by atoms with Crippen LogP contribution in [0.25, 0.3) is 0 Å². The molecule has 1 aliphatic rings. The zero-order valence-corrected chi connectivity index (χ0v) is 18.0. The number of anilines is 2. The Morgan fingerprint density at radius 2 is 1.73 bits per heavy atom. The van der Waals surface area contributed by atoms with Crippen molar-refractivity contribution in [2.75, 3.05) is 30.4 Å². The van der Waals surface area contributed by atoms with Crippen molar-refractivity contribution in [2.45, 2.75) is 45.6 Å². The van der Waals surface area contributed by atoms with Gasteiger partial charge in [0.15, 0.2) is 0 Å². The zero-order valence-electron chi connectivity index (χ0n) is 18.0. The van der Waals surface area contributed by atoms with Gasteiger partial charge in [-0.25, -0.2) is 0 Å². The van der Waals surface area contributed by atoms with Crippen LogP contribution in [0.2, 0.25) is 0 Å². The smallest absolute Gasteiger partial charge is 0.255 e. The molecule has 2 aromatic carbocycles.